The van der Waals surface area contributed by atoms with Gasteiger partial charge in [0.1, 0.15) is 10.8 Å². The Hall–Kier alpha value is -1.95. The lowest BCUT2D eigenvalue weighted by atomic mass is 10.2. The highest BCUT2D eigenvalue weighted by atomic mass is 32.1. The third-order valence-electron chi connectivity index (χ3n) is 2.58. The molecule has 0 bridgehead atoms. The second kappa shape index (κ2) is 7.00. The highest BCUT2D eigenvalue weighted by molar-refractivity contribution is 7.15. The van der Waals surface area contributed by atoms with E-state index < -0.39 is 0 Å². The molecule has 0 unspecified atom stereocenters. The van der Waals surface area contributed by atoms with Crippen LogP contribution in [0.5, 0.6) is 5.75 Å². The van der Waals surface area contributed by atoms with E-state index in [1.807, 2.05) is 13.0 Å². The number of amides is 1. The van der Waals surface area contributed by atoms with E-state index >= 15 is 0 Å². The summed E-state index contributed by atoms with van der Waals surface area (Å²) in [4.78, 5) is 12.2. The van der Waals surface area contributed by atoms with Crippen LogP contribution in [-0.4, -0.2) is 22.7 Å². The molecule has 1 aromatic heterocycles. The maximum atomic E-state index is 12.2. The molecule has 1 heterocycles. The molecule has 0 aliphatic carbocycles. The summed E-state index contributed by atoms with van der Waals surface area (Å²) in [6.45, 7) is 4.48. The lowest BCUT2D eigenvalue weighted by Crippen LogP contribution is -2.13. The Morgan fingerprint density at radius 1 is 1.30 bits per heavy atom. The first-order valence-corrected chi connectivity index (χ1v) is 7.41. The van der Waals surface area contributed by atoms with Gasteiger partial charge in [-0.3, -0.25) is 10.1 Å². The molecule has 106 valence electrons. The first kappa shape index (κ1) is 14.5. The zero-order valence-electron chi connectivity index (χ0n) is 11.5. The van der Waals surface area contributed by atoms with Crippen molar-refractivity contribution < 1.29 is 9.53 Å². The van der Waals surface area contributed by atoms with Gasteiger partial charge in [0.05, 0.1) is 12.2 Å². The topological polar surface area (TPSA) is 64.1 Å². The quantitative estimate of drug-likeness (QED) is 0.888. The minimum Gasteiger partial charge on any atom is -0.493 e. The number of aryl methyl sites for hydroxylation is 1. The van der Waals surface area contributed by atoms with E-state index in [-0.39, 0.29) is 5.91 Å². The smallest absolute Gasteiger partial charge is 0.261 e. The highest BCUT2D eigenvalue weighted by Gasteiger charge is 2.14. The van der Waals surface area contributed by atoms with E-state index in [1.165, 1.54) is 11.3 Å². The highest BCUT2D eigenvalue weighted by Crippen LogP contribution is 2.21. The van der Waals surface area contributed by atoms with Crippen molar-refractivity contribution in [3.63, 3.8) is 0 Å². The number of aromatic nitrogens is 2. The van der Waals surface area contributed by atoms with Crippen molar-refractivity contribution in [2.75, 3.05) is 11.9 Å². The summed E-state index contributed by atoms with van der Waals surface area (Å²) in [7, 11) is 0. The molecule has 1 amide bonds. The van der Waals surface area contributed by atoms with Crippen LogP contribution in [0.4, 0.5) is 5.13 Å². The Labute approximate surface area is 122 Å². The summed E-state index contributed by atoms with van der Waals surface area (Å²) < 4.78 is 5.45. The van der Waals surface area contributed by atoms with Crippen LogP contribution < -0.4 is 10.1 Å². The molecule has 0 aliphatic heterocycles. The number of nitrogens with one attached hydrogen (secondary N) is 1. The molecule has 0 saturated heterocycles. The molecule has 1 aromatic carbocycles. The summed E-state index contributed by atoms with van der Waals surface area (Å²) in [5.74, 6) is 0.346. The molecule has 0 radical (unpaired) electrons. The number of carbonyl (C=O) groups excluding carboxylic acids is 1. The minimum absolute atomic E-state index is 0.228. The van der Waals surface area contributed by atoms with Gasteiger partial charge in [0.25, 0.3) is 5.91 Å². The largest absolute Gasteiger partial charge is 0.493 e. The van der Waals surface area contributed by atoms with Crippen molar-refractivity contribution in [1.82, 2.24) is 10.2 Å². The van der Waals surface area contributed by atoms with Gasteiger partial charge >= 0.3 is 0 Å². The molecule has 2 rings (SSSR count). The van der Waals surface area contributed by atoms with E-state index in [0.717, 1.165) is 17.8 Å². The lowest BCUT2D eigenvalue weighted by Gasteiger charge is -2.08. The fourth-order valence-electron chi connectivity index (χ4n) is 1.72. The number of benzene rings is 1. The van der Waals surface area contributed by atoms with E-state index in [0.29, 0.717) is 23.1 Å². The Kier molecular flexibility index (Phi) is 5.06. The SMILES string of the molecule is CCCc1nnc(NC(=O)c2ccccc2OCC)s1. The van der Waals surface area contributed by atoms with Gasteiger partial charge in [-0.1, -0.05) is 30.4 Å². The summed E-state index contributed by atoms with van der Waals surface area (Å²) in [5, 5.41) is 12.2. The molecule has 0 aliphatic rings. The Morgan fingerprint density at radius 3 is 2.85 bits per heavy atom. The Balaban J connectivity index is 2.11. The Morgan fingerprint density at radius 2 is 2.10 bits per heavy atom. The second-order valence-corrected chi connectivity index (χ2v) is 5.20. The average molecular weight is 291 g/mol. The van der Waals surface area contributed by atoms with E-state index in [1.54, 1.807) is 18.2 Å². The van der Waals surface area contributed by atoms with E-state index in [2.05, 4.69) is 22.4 Å². The standard InChI is InChI=1S/C14H17N3O2S/c1-3-7-12-16-17-14(20-12)15-13(18)10-8-5-6-9-11(10)19-4-2/h5-6,8-9H,3-4,7H2,1-2H3,(H,15,17,18). The van der Waals surface area contributed by atoms with Crippen molar-refractivity contribution >= 4 is 22.4 Å². The number of nitrogens with zero attached hydrogens (tertiary/aromatic N) is 2. The van der Waals surface area contributed by atoms with Gasteiger partial charge in [-0.15, -0.1) is 10.2 Å². The monoisotopic (exact) mass is 291 g/mol. The second-order valence-electron chi connectivity index (χ2n) is 4.13. The van der Waals surface area contributed by atoms with Gasteiger partial charge in [0.2, 0.25) is 5.13 Å². The van der Waals surface area contributed by atoms with Crippen molar-refractivity contribution in [2.45, 2.75) is 26.7 Å². The van der Waals surface area contributed by atoms with Crippen molar-refractivity contribution in [2.24, 2.45) is 0 Å². The molecule has 1 N–H and O–H groups in total. The van der Waals surface area contributed by atoms with Crippen LogP contribution in [0, 0.1) is 0 Å². The van der Waals surface area contributed by atoms with Gasteiger partial charge in [-0.25, -0.2) is 0 Å². The van der Waals surface area contributed by atoms with E-state index in [9.17, 15) is 4.79 Å². The van der Waals surface area contributed by atoms with Gasteiger partial charge in [-0.2, -0.15) is 0 Å². The summed E-state index contributed by atoms with van der Waals surface area (Å²) in [5.41, 5.74) is 0.501. The van der Waals surface area contributed by atoms with Gasteiger partial charge < -0.3 is 4.74 Å². The van der Waals surface area contributed by atoms with Crippen LogP contribution in [0.15, 0.2) is 24.3 Å². The van der Waals surface area contributed by atoms with Crippen LogP contribution in [0.3, 0.4) is 0 Å². The normalized spacial score (nSPS) is 10.3. The molecule has 0 fully saturated rings. The predicted molar refractivity (Wildman–Crippen MR) is 79.5 cm³/mol. The maximum Gasteiger partial charge on any atom is 0.261 e. The number of rotatable bonds is 6. The first-order valence-electron chi connectivity index (χ1n) is 6.60. The summed E-state index contributed by atoms with van der Waals surface area (Å²) in [6.07, 6.45) is 1.89. The number of ether oxygens (including phenoxy) is 1. The molecule has 20 heavy (non-hydrogen) atoms. The molecule has 6 heteroatoms. The molecular formula is C14H17N3O2S. The number of carbonyl (C=O) groups is 1. The van der Waals surface area contributed by atoms with Gasteiger partial charge in [0, 0.05) is 6.42 Å². The number of para-hydroxylation sites is 1. The van der Waals surface area contributed by atoms with Crippen LogP contribution in [-0.2, 0) is 6.42 Å². The molecule has 0 atom stereocenters. The number of anilines is 1. The minimum atomic E-state index is -0.228. The molecule has 2 aromatic rings. The fourth-order valence-corrected chi connectivity index (χ4v) is 2.56. The molecule has 0 saturated carbocycles. The number of hydrogen-bond donors (Lipinski definition) is 1. The zero-order chi connectivity index (χ0) is 14.4. The third-order valence-corrected chi connectivity index (χ3v) is 3.48. The van der Waals surface area contributed by atoms with Gasteiger partial charge in [0.15, 0.2) is 0 Å². The van der Waals surface area contributed by atoms with Crippen molar-refractivity contribution in [3.05, 3.63) is 34.8 Å². The molecular weight excluding hydrogens is 274 g/mol. The molecule has 0 spiro atoms. The first-order chi connectivity index (χ1) is 9.74. The lowest BCUT2D eigenvalue weighted by molar-refractivity contribution is 0.102. The number of hydrogen-bond acceptors (Lipinski definition) is 5. The van der Waals surface area contributed by atoms with Crippen molar-refractivity contribution in [3.8, 4) is 5.75 Å². The van der Waals surface area contributed by atoms with Gasteiger partial charge in [-0.05, 0) is 25.5 Å². The predicted octanol–water partition coefficient (Wildman–Crippen LogP) is 3.14. The fraction of sp³-hybridized carbons (Fsp3) is 0.357. The third kappa shape index (κ3) is 3.54. The van der Waals surface area contributed by atoms with Crippen LogP contribution >= 0.6 is 11.3 Å². The maximum absolute atomic E-state index is 12.2. The summed E-state index contributed by atoms with van der Waals surface area (Å²) in [6, 6.07) is 7.15. The zero-order valence-corrected chi connectivity index (χ0v) is 12.4. The summed E-state index contributed by atoms with van der Waals surface area (Å²) >= 11 is 1.40. The van der Waals surface area contributed by atoms with Crippen LogP contribution in [0.25, 0.3) is 0 Å². The van der Waals surface area contributed by atoms with Crippen molar-refractivity contribution in [1.29, 1.82) is 0 Å². The molecule has 5 nitrogen and oxygen atoms in total. The average Bonchev–Trinajstić information content (AvgIpc) is 2.87. The van der Waals surface area contributed by atoms with Crippen LogP contribution in [0.1, 0.15) is 35.6 Å². The Bertz CT molecular complexity index is 583. The van der Waals surface area contributed by atoms with Crippen LogP contribution in [0.2, 0.25) is 0 Å². The van der Waals surface area contributed by atoms with E-state index in [4.69, 9.17) is 4.74 Å².